The summed E-state index contributed by atoms with van der Waals surface area (Å²) in [5, 5.41) is 12.5. The van der Waals surface area contributed by atoms with Gasteiger partial charge in [0.05, 0.1) is 0 Å². The predicted molar refractivity (Wildman–Crippen MR) is 85.1 cm³/mol. The van der Waals surface area contributed by atoms with Crippen LogP contribution in [0.1, 0.15) is 11.6 Å². The topological polar surface area (TPSA) is 24.1 Å². The Kier molecular flexibility index (Phi) is 2.91. The molecular weight excluding hydrogens is 244 g/mol. The predicted octanol–water partition coefficient (Wildman–Crippen LogP) is 3.23. The van der Waals surface area contributed by atoms with Gasteiger partial charge in [0.2, 0.25) is 0 Å². The molecule has 0 amide bonds. The standard InChI is InChI=1S/C18H18N2/c1-3-7-15-13(5-1)11-14-6-2-4-8-16(14)18(15)17-12-19-9-10-20-17/h1-8,11,17,19-20H,9-10,12H2/t17-/m0/s1. The highest BCUT2D eigenvalue weighted by Crippen LogP contribution is 2.32. The number of hydrogen-bond acceptors (Lipinski definition) is 2. The Bertz CT molecular complexity index is 704. The fourth-order valence-electron chi connectivity index (χ4n) is 3.28. The third-order valence-corrected chi connectivity index (χ3v) is 4.20. The van der Waals surface area contributed by atoms with Gasteiger partial charge in [0.15, 0.2) is 0 Å². The Balaban J connectivity index is 2.06. The lowest BCUT2D eigenvalue weighted by Gasteiger charge is -2.27. The number of rotatable bonds is 1. The van der Waals surface area contributed by atoms with Crippen molar-refractivity contribution in [2.45, 2.75) is 6.04 Å². The van der Waals surface area contributed by atoms with Crippen LogP contribution in [-0.2, 0) is 0 Å². The second-order valence-corrected chi connectivity index (χ2v) is 5.44. The molecular formula is C18H18N2. The Morgan fingerprint density at radius 2 is 1.45 bits per heavy atom. The summed E-state index contributed by atoms with van der Waals surface area (Å²) in [5.41, 5.74) is 1.44. The van der Waals surface area contributed by atoms with E-state index in [1.807, 2.05) is 0 Å². The summed E-state index contributed by atoms with van der Waals surface area (Å²) < 4.78 is 0. The lowest BCUT2D eigenvalue weighted by molar-refractivity contribution is 0.434. The van der Waals surface area contributed by atoms with Gasteiger partial charge in [-0.1, -0.05) is 48.5 Å². The molecule has 4 rings (SSSR count). The molecule has 1 saturated heterocycles. The van der Waals surface area contributed by atoms with Gasteiger partial charge in [0.25, 0.3) is 0 Å². The first kappa shape index (κ1) is 11.9. The van der Waals surface area contributed by atoms with Crippen LogP contribution in [0.25, 0.3) is 21.5 Å². The van der Waals surface area contributed by atoms with E-state index in [-0.39, 0.29) is 0 Å². The molecule has 20 heavy (non-hydrogen) atoms. The number of piperazine rings is 1. The maximum Gasteiger partial charge on any atom is 0.0459 e. The van der Waals surface area contributed by atoms with Gasteiger partial charge < -0.3 is 10.6 Å². The Morgan fingerprint density at radius 3 is 2.05 bits per heavy atom. The van der Waals surface area contributed by atoms with Crippen molar-refractivity contribution >= 4 is 21.5 Å². The van der Waals surface area contributed by atoms with Crippen LogP contribution in [0.15, 0.2) is 54.6 Å². The minimum Gasteiger partial charge on any atom is -0.314 e. The maximum absolute atomic E-state index is 3.66. The van der Waals surface area contributed by atoms with Crippen LogP contribution in [0.5, 0.6) is 0 Å². The molecule has 2 nitrogen and oxygen atoms in total. The monoisotopic (exact) mass is 262 g/mol. The van der Waals surface area contributed by atoms with Crippen molar-refractivity contribution in [1.29, 1.82) is 0 Å². The van der Waals surface area contributed by atoms with Crippen LogP contribution in [0.3, 0.4) is 0 Å². The minimum absolute atomic E-state index is 0.389. The highest BCUT2D eigenvalue weighted by molar-refractivity contribution is 6.02. The van der Waals surface area contributed by atoms with Crippen molar-refractivity contribution in [1.82, 2.24) is 10.6 Å². The van der Waals surface area contributed by atoms with E-state index >= 15 is 0 Å². The second kappa shape index (κ2) is 4.89. The Labute approximate surface area is 118 Å². The molecule has 1 aliphatic heterocycles. The molecule has 0 aliphatic carbocycles. The van der Waals surface area contributed by atoms with Crippen molar-refractivity contribution in [3.63, 3.8) is 0 Å². The zero-order valence-corrected chi connectivity index (χ0v) is 11.4. The summed E-state index contributed by atoms with van der Waals surface area (Å²) in [6, 6.07) is 20.1. The molecule has 0 saturated carbocycles. The average Bonchev–Trinajstić information content (AvgIpc) is 2.53. The SMILES string of the molecule is c1ccc2c([C@@H]3CNCCN3)c3ccccc3cc2c1. The van der Waals surface area contributed by atoms with E-state index in [1.165, 1.54) is 27.1 Å². The highest BCUT2D eigenvalue weighted by atomic mass is 15.1. The third-order valence-electron chi connectivity index (χ3n) is 4.20. The van der Waals surface area contributed by atoms with E-state index in [0.29, 0.717) is 6.04 Å². The van der Waals surface area contributed by atoms with E-state index in [2.05, 4.69) is 65.2 Å². The summed E-state index contributed by atoms with van der Waals surface area (Å²) in [5.74, 6) is 0. The molecule has 1 aliphatic rings. The van der Waals surface area contributed by atoms with Crippen LogP contribution in [0, 0.1) is 0 Å². The summed E-state index contributed by atoms with van der Waals surface area (Å²) in [4.78, 5) is 0. The van der Waals surface area contributed by atoms with Crippen LogP contribution < -0.4 is 10.6 Å². The smallest absolute Gasteiger partial charge is 0.0459 e. The summed E-state index contributed by atoms with van der Waals surface area (Å²) in [6.45, 7) is 3.08. The molecule has 0 unspecified atom stereocenters. The molecule has 0 spiro atoms. The minimum atomic E-state index is 0.389. The Hall–Kier alpha value is -1.90. The van der Waals surface area contributed by atoms with Crippen molar-refractivity contribution in [2.75, 3.05) is 19.6 Å². The molecule has 1 heterocycles. The molecule has 3 aromatic rings. The summed E-state index contributed by atoms with van der Waals surface area (Å²) in [6.07, 6.45) is 0. The van der Waals surface area contributed by atoms with Gasteiger partial charge in [0.1, 0.15) is 0 Å². The van der Waals surface area contributed by atoms with Gasteiger partial charge in [0, 0.05) is 25.7 Å². The van der Waals surface area contributed by atoms with Crippen molar-refractivity contribution in [2.24, 2.45) is 0 Å². The fourth-order valence-corrected chi connectivity index (χ4v) is 3.28. The number of hydrogen-bond donors (Lipinski definition) is 2. The van der Waals surface area contributed by atoms with Crippen molar-refractivity contribution in [3.05, 3.63) is 60.2 Å². The van der Waals surface area contributed by atoms with E-state index < -0.39 is 0 Å². The first-order valence-corrected chi connectivity index (χ1v) is 7.28. The van der Waals surface area contributed by atoms with E-state index in [1.54, 1.807) is 0 Å². The number of benzene rings is 3. The highest BCUT2D eigenvalue weighted by Gasteiger charge is 2.19. The van der Waals surface area contributed by atoms with Gasteiger partial charge in [-0.15, -0.1) is 0 Å². The average molecular weight is 262 g/mol. The fraction of sp³-hybridized carbons (Fsp3) is 0.222. The van der Waals surface area contributed by atoms with Crippen LogP contribution in [0.4, 0.5) is 0 Å². The number of nitrogens with one attached hydrogen (secondary N) is 2. The Morgan fingerprint density at radius 1 is 0.800 bits per heavy atom. The molecule has 1 atom stereocenters. The molecule has 3 aromatic carbocycles. The van der Waals surface area contributed by atoms with Crippen LogP contribution in [0.2, 0.25) is 0 Å². The third kappa shape index (κ3) is 1.89. The normalized spacial score (nSPS) is 19.5. The summed E-state index contributed by atoms with van der Waals surface area (Å²) >= 11 is 0. The van der Waals surface area contributed by atoms with Gasteiger partial charge >= 0.3 is 0 Å². The molecule has 2 heteroatoms. The molecule has 0 bridgehead atoms. The van der Waals surface area contributed by atoms with Gasteiger partial charge in [-0.25, -0.2) is 0 Å². The van der Waals surface area contributed by atoms with Gasteiger partial charge in [-0.3, -0.25) is 0 Å². The first-order valence-electron chi connectivity index (χ1n) is 7.28. The molecule has 0 aromatic heterocycles. The zero-order chi connectivity index (χ0) is 13.4. The van der Waals surface area contributed by atoms with Crippen molar-refractivity contribution in [3.8, 4) is 0 Å². The molecule has 2 N–H and O–H groups in total. The van der Waals surface area contributed by atoms with Crippen LogP contribution in [-0.4, -0.2) is 19.6 Å². The number of fused-ring (bicyclic) bond motifs is 2. The quantitative estimate of drug-likeness (QED) is 0.658. The lowest BCUT2D eigenvalue weighted by Crippen LogP contribution is -2.42. The summed E-state index contributed by atoms with van der Waals surface area (Å²) in [7, 11) is 0. The van der Waals surface area contributed by atoms with Crippen LogP contribution >= 0.6 is 0 Å². The zero-order valence-electron chi connectivity index (χ0n) is 11.4. The molecule has 0 radical (unpaired) electrons. The van der Waals surface area contributed by atoms with Gasteiger partial charge in [-0.05, 0) is 33.2 Å². The maximum atomic E-state index is 3.66. The van der Waals surface area contributed by atoms with E-state index in [4.69, 9.17) is 0 Å². The molecule has 100 valence electrons. The van der Waals surface area contributed by atoms with E-state index in [9.17, 15) is 0 Å². The second-order valence-electron chi connectivity index (χ2n) is 5.44. The van der Waals surface area contributed by atoms with Gasteiger partial charge in [-0.2, -0.15) is 0 Å². The van der Waals surface area contributed by atoms with Crippen molar-refractivity contribution < 1.29 is 0 Å². The van der Waals surface area contributed by atoms with E-state index in [0.717, 1.165) is 19.6 Å². The largest absolute Gasteiger partial charge is 0.314 e. The first-order chi connectivity index (χ1) is 9.93. The lowest BCUT2D eigenvalue weighted by atomic mass is 9.91. The molecule has 1 fully saturated rings.